The van der Waals surface area contributed by atoms with Crippen LogP contribution in [0.4, 0.5) is 27.3 Å². The summed E-state index contributed by atoms with van der Waals surface area (Å²) in [5.74, 6) is 0.494. The molecule has 0 aliphatic rings. The van der Waals surface area contributed by atoms with E-state index in [4.69, 9.17) is 4.74 Å². The van der Waals surface area contributed by atoms with Gasteiger partial charge in [-0.05, 0) is 44.4 Å². The zero-order chi connectivity index (χ0) is 27.4. The third kappa shape index (κ3) is 5.76. The van der Waals surface area contributed by atoms with Crippen LogP contribution in [0.3, 0.4) is 0 Å². The van der Waals surface area contributed by atoms with E-state index in [1.807, 2.05) is 57.2 Å². The van der Waals surface area contributed by atoms with Crippen LogP contribution in [0.5, 0.6) is 5.75 Å². The van der Waals surface area contributed by atoms with Crippen molar-refractivity contribution >= 4 is 39.7 Å². The molecule has 38 heavy (non-hydrogen) atoms. The lowest BCUT2D eigenvalue weighted by Gasteiger charge is -2.26. The molecule has 0 saturated carbocycles. The number of nitrogens with zero attached hydrogens (tertiary/aromatic N) is 5. The van der Waals surface area contributed by atoms with E-state index in [1.54, 1.807) is 13.2 Å². The molecule has 1 amide bonds. The molecule has 0 spiro atoms. The molecule has 198 valence electrons. The monoisotopic (exact) mass is 517 g/mol. The molecule has 0 radical (unpaired) electrons. The van der Waals surface area contributed by atoms with Crippen LogP contribution in [0.15, 0.2) is 61.6 Å². The van der Waals surface area contributed by atoms with Gasteiger partial charge >= 0.3 is 0 Å². The average molecular weight is 518 g/mol. The molecular formula is C28H32FN7O2. The fraction of sp³-hybridized carbons (Fsp3) is 0.250. The number of aryl methyl sites for hydroxylation is 1. The highest BCUT2D eigenvalue weighted by Gasteiger charge is 2.17. The summed E-state index contributed by atoms with van der Waals surface area (Å²) in [6.07, 6.45) is 4.61. The maximum absolute atomic E-state index is 13.8. The van der Waals surface area contributed by atoms with Crippen LogP contribution in [0.2, 0.25) is 0 Å². The Bertz CT molecular complexity index is 1480. The molecule has 0 saturated heterocycles. The molecule has 2 aromatic carbocycles. The van der Waals surface area contributed by atoms with Gasteiger partial charge in [-0.1, -0.05) is 6.58 Å². The smallest absolute Gasteiger partial charge is 0.247 e. The fourth-order valence-electron chi connectivity index (χ4n) is 4.18. The van der Waals surface area contributed by atoms with Crippen molar-refractivity contribution in [2.75, 3.05) is 56.9 Å². The van der Waals surface area contributed by atoms with Gasteiger partial charge in [-0.25, -0.2) is 14.4 Å². The third-order valence-electron chi connectivity index (χ3n) is 6.21. The Labute approximate surface area is 221 Å². The van der Waals surface area contributed by atoms with Crippen LogP contribution in [-0.4, -0.2) is 66.7 Å². The normalized spacial score (nSPS) is 11.0. The van der Waals surface area contributed by atoms with Crippen LogP contribution in [0.25, 0.3) is 22.2 Å². The fourth-order valence-corrected chi connectivity index (χ4v) is 4.18. The maximum atomic E-state index is 13.8. The van der Waals surface area contributed by atoms with Gasteiger partial charge in [0.1, 0.15) is 23.7 Å². The van der Waals surface area contributed by atoms with Crippen molar-refractivity contribution in [3.63, 3.8) is 0 Å². The van der Waals surface area contributed by atoms with Crippen LogP contribution in [0, 0.1) is 5.82 Å². The highest BCUT2D eigenvalue weighted by atomic mass is 19.1. The number of ether oxygens (including phenoxy) is 1. The van der Waals surface area contributed by atoms with E-state index in [1.165, 1.54) is 24.5 Å². The predicted molar refractivity (Wildman–Crippen MR) is 151 cm³/mol. The van der Waals surface area contributed by atoms with Gasteiger partial charge in [0, 0.05) is 56.5 Å². The SMILES string of the molecule is C=CC(=O)Nc1cc(Nc2cc(-c3cn(C)c4cc(F)ccc34)ncn2)c(OC)cc1N(C)CCN(C)C. The predicted octanol–water partition coefficient (Wildman–Crippen LogP) is 4.65. The number of carbonyl (C=O) groups excluding carboxylic acids is 1. The van der Waals surface area contributed by atoms with Gasteiger partial charge in [0.25, 0.3) is 0 Å². The molecule has 2 heterocycles. The molecule has 0 atom stereocenters. The lowest BCUT2D eigenvalue weighted by atomic mass is 10.1. The quantitative estimate of drug-likeness (QED) is 0.296. The number of methoxy groups -OCH3 is 1. The molecule has 0 fully saturated rings. The van der Waals surface area contributed by atoms with Crippen LogP contribution in [-0.2, 0) is 11.8 Å². The van der Waals surface area contributed by atoms with Crippen molar-refractivity contribution in [2.24, 2.45) is 7.05 Å². The number of fused-ring (bicyclic) bond motifs is 1. The zero-order valence-corrected chi connectivity index (χ0v) is 22.2. The summed E-state index contributed by atoms with van der Waals surface area (Å²) in [7, 11) is 9.43. The zero-order valence-electron chi connectivity index (χ0n) is 22.2. The van der Waals surface area contributed by atoms with E-state index in [0.717, 1.165) is 35.2 Å². The van der Waals surface area contributed by atoms with E-state index >= 15 is 0 Å². The molecule has 0 aliphatic carbocycles. The van der Waals surface area contributed by atoms with Crippen molar-refractivity contribution in [1.29, 1.82) is 0 Å². The topological polar surface area (TPSA) is 87.5 Å². The van der Waals surface area contributed by atoms with Crippen LogP contribution >= 0.6 is 0 Å². The Morgan fingerprint density at radius 1 is 1.13 bits per heavy atom. The molecule has 2 N–H and O–H groups in total. The van der Waals surface area contributed by atoms with Gasteiger partial charge in [0.15, 0.2) is 0 Å². The average Bonchev–Trinajstić information content (AvgIpc) is 3.23. The summed E-state index contributed by atoms with van der Waals surface area (Å²) in [5, 5.41) is 7.08. The van der Waals surface area contributed by atoms with Gasteiger partial charge < -0.3 is 29.7 Å². The summed E-state index contributed by atoms with van der Waals surface area (Å²) in [4.78, 5) is 25.2. The van der Waals surface area contributed by atoms with Crippen LogP contribution < -0.4 is 20.3 Å². The molecular weight excluding hydrogens is 485 g/mol. The molecule has 0 unspecified atom stereocenters. The van der Waals surface area contributed by atoms with E-state index in [2.05, 4.69) is 37.0 Å². The lowest BCUT2D eigenvalue weighted by molar-refractivity contribution is -0.111. The molecule has 0 aliphatic heterocycles. The summed E-state index contributed by atoms with van der Waals surface area (Å²) >= 11 is 0. The van der Waals surface area contributed by atoms with Crippen molar-refractivity contribution < 1.29 is 13.9 Å². The van der Waals surface area contributed by atoms with Gasteiger partial charge in [-0.2, -0.15) is 0 Å². The number of carbonyl (C=O) groups is 1. The van der Waals surface area contributed by atoms with Gasteiger partial charge in [-0.15, -0.1) is 0 Å². The lowest BCUT2D eigenvalue weighted by Crippen LogP contribution is -2.29. The molecule has 4 rings (SSSR count). The number of benzene rings is 2. The van der Waals surface area contributed by atoms with E-state index < -0.39 is 0 Å². The summed E-state index contributed by atoms with van der Waals surface area (Å²) < 4.78 is 21.4. The number of likely N-dealkylation sites (N-methyl/N-ethyl adjacent to an activating group) is 2. The summed E-state index contributed by atoms with van der Waals surface area (Å²) in [5.41, 5.74) is 4.32. The highest BCUT2D eigenvalue weighted by Crippen LogP contribution is 2.38. The number of aromatic nitrogens is 3. The number of halogens is 1. The minimum absolute atomic E-state index is 0.294. The first-order chi connectivity index (χ1) is 18.2. The second kappa shape index (κ2) is 11.3. The van der Waals surface area contributed by atoms with E-state index in [9.17, 15) is 9.18 Å². The molecule has 10 heteroatoms. The van der Waals surface area contributed by atoms with E-state index in [0.29, 0.717) is 28.6 Å². The largest absolute Gasteiger partial charge is 0.494 e. The molecule has 4 aromatic rings. The number of anilines is 4. The molecule has 0 bridgehead atoms. The van der Waals surface area contributed by atoms with Crippen molar-refractivity contribution in [3.05, 3.63) is 67.4 Å². The second-order valence-corrected chi connectivity index (χ2v) is 9.22. The van der Waals surface area contributed by atoms with Gasteiger partial charge in [-0.3, -0.25) is 4.79 Å². The van der Waals surface area contributed by atoms with Gasteiger partial charge in [0.05, 0.1) is 35.4 Å². The Kier molecular flexibility index (Phi) is 7.92. The summed E-state index contributed by atoms with van der Waals surface area (Å²) in [6.45, 7) is 5.14. The Morgan fingerprint density at radius 3 is 2.63 bits per heavy atom. The van der Waals surface area contributed by atoms with E-state index in [-0.39, 0.29) is 11.7 Å². The Balaban J connectivity index is 1.71. The molecule has 9 nitrogen and oxygen atoms in total. The number of nitrogens with one attached hydrogen (secondary N) is 2. The van der Waals surface area contributed by atoms with Crippen molar-refractivity contribution in [2.45, 2.75) is 0 Å². The number of hydrogen-bond donors (Lipinski definition) is 2. The highest BCUT2D eigenvalue weighted by molar-refractivity contribution is 6.02. The Morgan fingerprint density at radius 2 is 1.92 bits per heavy atom. The minimum atomic E-state index is -0.319. The van der Waals surface area contributed by atoms with Crippen molar-refractivity contribution in [1.82, 2.24) is 19.4 Å². The maximum Gasteiger partial charge on any atom is 0.247 e. The molecule has 2 aromatic heterocycles. The first kappa shape index (κ1) is 26.6. The summed E-state index contributed by atoms with van der Waals surface area (Å²) in [6, 6.07) is 10.2. The number of hydrogen-bond acceptors (Lipinski definition) is 7. The first-order valence-corrected chi connectivity index (χ1v) is 12.1. The minimum Gasteiger partial charge on any atom is -0.494 e. The second-order valence-electron chi connectivity index (χ2n) is 9.22. The Hall–Kier alpha value is -4.44. The number of amides is 1. The van der Waals surface area contributed by atoms with Crippen LogP contribution in [0.1, 0.15) is 0 Å². The number of rotatable bonds is 10. The van der Waals surface area contributed by atoms with Gasteiger partial charge in [0.2, 0.25) is 5.91 Å². The first-order valence-electron chi connectivity index (χ1n) is 12.1. The standard InChI is InChI=1S/C28H32FN7O2/c1-7-28(37)33-22-13-23(26(38-6)15-25(22)35(4)11-10-34(2)3)32-27-14-21(30-17-31-27)20-16-36(5)24-12-18(29)8-9-19(20)24/h7-9,12-17H,1,10-11H2,2-6H3,(H,33,37)(H,30,31,32). The third-order valence-corrected chi connectivity index (χ3v) is 6.21. The van der Waals surface area contributed by atoms with Crippen molar-refractivity contribution in [3.8, 4) is 17.0 Å².